The maximum atomic E-state index is 10.7. The summed E-state index contributed by atoms with van der Waals surface area (Å²) in [5, 5.41) is 9.99. The normalized spacial score (nSPS) is 10.5. The van der Waals surface area contributed by atoms with Crippen LogP contribution in [0.5, 0.6) is 0 Å². The predicted molar refractivity (Wildman–Crippen MR) is 66.4 cm³/mol. The van der Waals surface area contributed by atoms with Gasteiger partial charge in [0.1, 0.15) is 5.69 Å². The van der Waals surface area contributed by atoms with Crippen LogP contribution in [0.15, 0.2) is 24.3 Å². The molecule has 0 atom stereocenters. The number of benzene rings is 1. The van der Waals surface area contributed by atoms with Crippen molar-refractivity contribution in [3.05, 3.63) is 38.6 Å². The van der Waals surface area contributed by atoms with Crippen molar-refractivity contribution in [1.82, 2.24) is 4.98 Å². The number of halogens is 2. The van der Waals surface area contributed by atoms with Gasteiger partial charge >= 0.3 is 5.97 Å². The summed E-state index contributed by atoms with van der Waals surface area (Å²) in [5.41, 5.74) is 0.564. The van der Waals surface area contributed by atoms with Crippen molar-refractivity contribution in [3.8, 4) is 0 Å². The summed E-state index contributed by atoms with van der Waals surface area (Å²) in [4.78, 5) is 14.7. The van der Waals surface area contributed by atoms with E-state index in [9.17, 15) is 4.79 Å². The molecular weight excluding hydrogens is 328 g/mol. The Balaban J connectivity index is 2.78. The number of carboxylic acid groups (broad SMARTS) is 1. The highest BCUT2D eigenvalue weighted by atomic mass is 127. The minimum Gasteiger partial charge on any atom is -0.477 e. The third-order valence-corrected chi connectivity index (χ3v) is 2.92. The molecule has 2 aromatic rings. The van der Waals surface area contributed by atoms with Gasteiger partial charge in [-0.3, -0.25) is 0 Å². The smallest absolute Gasteiger partial charge is 0.354 e. The van der Waals surface area contributed by atoms with Gasteiger partial charge in [-0.25, -0.2) is 9.78 Å². The number of hydrogen-bond acceptors (Lipinski definition) is 2. The van der Waals surface area contributed by atoms with Gasteiger partial charge in [-0.1, -0.05) is 11.6 Å². The van der Waals surface area contributed by atoms with E-state index in [0.29, 0.717) is 10.5 Å². The Hall–Kier alpha value is -0.880. The first kappa shape index (κ1) is 10.6. The van der Waals surface area contributed by atoms with Crippen LogP contribution in [0.25, 0.3) is 10.9 Å². The number of aromatic nitrogens is 1. The number of nitrogens with zero attached hydrogens (tertiary/aromatic N) is 1. The summed E-state index contributed by atoms with van der Waals surface area (Å²) >= 11 is 8.14. The Labute approximate surface area is 104 Å². The van der Waals surface area contributed by atoms with Gasteiger partial charge in [-0.15, -0.1) is 0 Å². The minimum atomic E-state index is -1.07. The van der Waals surface area contributed by atoms with Gasteiger partial charge < -0.3 is 5.11 Å². The quantitative estimate of drug-likeness (QED) is 0.816. The fraction of sp³-hybridized carbons (Fsp3) is 0. The maximum Gasteiger partial charge on any atom is 0.354 e. The second kappa shape index (κ2) is 3.94. The Bertz CT molecular complexity index is 556. The highest BCUT2D eigenvalue weighted by Crippen LogP contribution is 2.24. The molecule has 0 unspecified atom stereocenters. The summed E-state index contributed by atoms with van der Waals surface area (Å²) in [5.74, 6) is -1.07. The Morgan fingerprint density at radius 2 is 2.13 bits per heavy atom. The van der Waals surface area contributed by atoms with Crippen LogP contribution >= 0.6 is 34.2 Å². The van der Waals surface area contributed by atoms with Gasteiger partial charge in [0, 0.05) is 8.96 Å². The van der Waals surface area contributed by atoms with Crippen LogP contribution < -0.4 is 0 Å². The lowest BCUT2D eigenvalue weighted by Crippen LogP contribution is -2.00. The summed E-state index contributed by atoms with van der Waals surface area (Å²) in [6, 6.07) is 6.85. The molecule has 3 nitrogen and oxygen atoms in total. The number of aromatic carboxylic acids is 1. The number of pyridine rings is 1. The minimum absolute atomic E-state index is 0.0336. The molecule has 1 heterocycles. The third-order valence-electron chi connectivity index (χ3n) is 1.94. The van der Waals surface area contributed by atoms with Crippen molar-refractivity contribution in [1.29, 1.82) is 0 Å². The van der Waals surface area contributed by atoms with E-state index in [1.54, 1.807) is 6.07 Å². The van der Waals surface area contributed by atoms with Crippen molar-refractivity contribution in [2.24, 2.45) is 0 Å². The lowest BCUT2D eigenvalue weighted by atomic mass is 10.2. The van der Waals surface area contributed by atoms with Gasteiger partial charge in [0.2, 0.25) is 0 Å². The Morgan fingerprint density at radius 3 is 2.80 bits per heavy atom. The van der Waals surface area contributed by atoms with Gasteiger partial charge in [0.25, 0.3) is 0 Å². The molecule has 2 rings (SSSR count). The fourth-order valence-corrected chi connectivity index (χ4v) is 2.01. The molecule has 0 fully saturated rings. The number of fused-ring (bicyclic) bond motifs is 1. The molecule has 0 aliphatic heterocycles. The van der Waals surface area contributed by atoms with Crippen molar-refractivity contribution in [3.63, 3.8) is 0 Å². The van der Waals surface area contributed by atoms with Crippen LogP contribution in [0.3, 0.4) is 0 Å². The molecule has 76 valence electrons. The van der Waals surface area contributed by atoms with E-state index in [4.69, 9.17) is 16.7 Å². The summed E-state index contributed by atoms with van der Waals surface area (Å²) in [6.07, 6.45) is 0. The van der Waals surface area contributed by atoms with Crippen molar-refractivity contribution < 1.29 is 9.90 Å². The molecular formula is C10H5ClINO2. The predicted octanol–water partition coefficient (Wildman–Crippen LogP) is 3.19. The molecule has 1 N–H and O–H groups in total. The summed E-state index contributed by atoms with van der Waals surface area (Å²) in [7, 11) is 0. The first-order valence-corrected chi connectivity index (χ1v) is 5.53. The second-order valence-electron chi connectivity index (χ2n) is 2.96. The molecule has 0 bridgehead atoms. The lowest BCUT2D eigenvalue weighted by Gasteiger charge is -2.02. The van der Waals surface area contributed by atoms with E-state index in [0.717, 1.165) is 8.96 Å². The summed E-state index contributed by atoms with van der Waals surface area (Å²) in [6.45, 7) is 0. The van der Waals surface area contributed by atoms with Crippen LogP contribution in [0, 0.1) is 3.57 Å². The zero-order valence-electron chi connectivity index (χ0n) is 7.37. The lowest BCUT2D eigenvalue weighted by molar-refractivity contribution is 0.0691. The SMILES string of the molecule is O=C(O)c1cc(Cl)c2cc(I)ccc2n1. The molecule has 0 radical (unpaired) electrons. The highest BCUT2D eigenvalue weighted by molar-refractivity contribution is 14.1. The standard InChI is InChI=1S/C10H5ClINO2/c11-7-4-9(10(14)15)13-8-2-1-5(12)3-6(7)8/h1-4H,(H,14,15). The molecule has 0 saturated carbocycles. The molecule has 0 amide bonds. The number of carboxylic acids is 1. The van der Waals surface area contributed by atoms with E-state index in [2.05, 4.69) is 27.6 Å². The van der Waals surface area contributed by atoms with Gasteiger partial charge in [-0.2, -0.15) is 0 Å². The topological polar surface area (TPSA) is 50.2 Å². The Kier molecular flexibility index (Phi) is 2.79. The number of rotatable bonds is 1. The average Bonchev–Trinajstić information content (AvgIpc) is 2.18. The third kappa shape index (κ3) is 2.05. The van der Waals surface area contributed by atoms with Crippen LogP contribution in [-0.2, 0) is 0 Å². The summed E-state index contributed by atoms with van der Waals surface area (Å²) < 4.78 is 1.03. The Morgan fingerprint density at radius 1 is 1.40 bits per heavy atom. The van der Waals surface area contributed by atoms with Gasteiger partial charge in [0.15, 0.2) is 0 Å². The monoisotopic (exact) mass is 333 g/mol. The van der Waals surface area contributed by atoms with Gasteiger partial charge in [0.05, 0.1) is 10.5 Å². The first-order chi connectivity index (χ1) is 7.08. The molecule has 0 saturated heterocycles. The molecule has 0 aliphatic carbocycles. The molecule has 1 aromatic heterocycles. The largest absolute Gasteiger partial charge is 0.477 e. The van der Waals surface area contributed by atoms with Crippen molar-refractivity contribution in [2.45, 2.75) is 0 Å². The average molecular weight is 334 g/mol. The van der Waals surface area contributed by atoms with E-state index >= 15 is 0 Å². The zero-order chi connectivity index (χ0) is 11.0. The number of carbonyl (C=O) groups is 1. The number of hydrogen-bond donors (Lipinski definition) is 1. The first-order valence-electron chi connectivity index (χ1n) is 4.07. The van der Waals surface area contributed by atoms with E-state index in [-0.39, 0.29) is 5.69 Å². The molecule has 15 heavy (non-hydrogen) atoms. The second-order valence-corrected chi connectivity index (χ2v) is 4.61. The van der Waals surface area contributed by atoms with Crippen LogP contribution in [0.4, 0.5) is 0 Å². The van der Waals surface area contributed by atoms with Crippen LogP contribution in [0.2, 0.25) is 5.02 Å². The van der Waals surface area contributed by atoms with Crippen molar-refractivity contribution >= 4 is 51.1 Å². The van der Waals surface area contributed by atoms with E-state index in [1.165, 1.54) is 6.07 Å². The van der Waals surface area contributed by atoms with Crippen LogP contribution in [0.1, 0.15) is 10.5 Å². The molecule has 1 aromatic carbocycles. The van der Waals surface area contributed by atoms with E-state index in [1.807, 2.05) is 12.1 Å². The van der Waals surface area contributed by atoms with Crippen LogP contribution in [-0.4, -0.2) is 16.1 Å². The highest BCUT2D eigenvalue weighted by Gasteiger charge is 2.09. The zero-order valence-corrected chi connectivity index (χ0v) is 10.3. The fourth-order valence-electron chi connectivity index (χ4n) is 1.27. The van der Waals surface area contributed by atoms with Crippen molar-refractivity contribution in [2.75, 3.05) is 0 Å². The molecule has 0 aliphatic rings. The van der Waals surface area contributed by atoms with Gasteiger partial charge in [-0.05, 0) is 46.9 Å². The molecule has 0 spiro atoms. The molecule has 5 heteroatoms. The van der Waals surface area contributed by atoms with E-state index < -0.39 is 5.97 Å². The maximum absolute atomic E-state index is 10.7.